The Hall–Kier alpha value is -1.80. The average Bonchev–Trinajstić information content (AvgIpc) is 2.75. The van der Waals surface area contributed by atoms with E-state index < -0.39 is 0 Å². The molecular weight excluding hydrogens is 280 g/mol. The smallest absolute Gasteiger partial charge is 0.115 e. The van der Waals surface area contributed by atoms with E-state index in [1.165, 1.54) is 22.4 Å². The summed E-state index contributed by atoms with van der Waals surface area (Å²) < 4.78 is 2.24. The van der Waals surface area contributed by atoms with E-state index in [0.717, 1.165) is 23.3 Å². The highest BCUT2D eigenvalue weighted by atomic mass is 35.5. The molecule has 3 heteroatoms. The van der Waals surface area contributed by atoms with E-state index in [1.54, 1.807) is 0 Å². The van der Waals surface area contributed by atoms with Crippen LogP contribution in [-0.2, 0) is 6.42 Å². The van der Waals surface area contributed by atoms with Crippen LogP contribution in [0.1, 0.15) is 22.5 Å². The molecule has 0 radical (unpaired) electrons. The Labute approximate surface area is 130 Å². The summed E-state index contributed by atoms with van der Waals surface area (Å²) in [5.74, 6) is 1.60. The number of alkyl halides is 1. The normalized spacial score (nSPS) is 11.2. The van der Waals surface area contributed by atoms with Gasteiger partial charge in [-0.1, -0.05) is 12.1 Å². The van der Waals surface area contributed by atoms with Gasteiger partial charge >= 0.3 is 0 Å². The Kier molecular flexibility index (Phi) is 3.73. The minimum Gasteiger partial charge on any atom is -0.296 e. The molecule has 21 heavy (non-hydrogen) atoms. The van der Waals surface area contributed by atoms with Crippen molar-refractivity contribution in [3.05, 3.63) is 58.9 Å². The topological polar surface area (TPSA) is 17.8 Å². The maximum absolute atomic E-state index is 5.96. The van der Waals surface area contributed by atoms with E-state index in [2.05, 4.69) is 61.7 Å². The van der Waals surface area contributed by atoms with Gasteiger partial charge in [-0.3, -0.25) is 4.57 Å². The number of imidazole rings is 1. The van der Waals surface area contributed by atoms with Gasteiger partial charge in [0.15, 0.2) is 0 Å². The lowest BCUT2D eigenvalue weighted by molar-refractivity contribution is 0.910. The molecule has 0 bridgehead atoms. The standard InChI is InChI=1S/C18H19ClN2/c1-12-4-5-16-17(11-12)21(18(20-16)6-7-19)15-9-13(2)8-14(3)10-15/h4-5,8-11H,6-7H2,1-3H3. The van der Waals surface area contributed by atoms with Crippen LogP contribution in [0, 0.1) is 20.8 Å². The van der Waals surface area contributed by atoms with Crippen molar-refractivity contribution in [3.63, 3.8) is 0 Å². The Morgan fingerprint density at radius 1 is 0.952 bits per heavy atom. The van der Waals surface area contributed by atoms with Crippen LogP contribution >= 0.6 is 11.6 Å². The van der Waals surface area contributed by atoms with Crippen molar-refractivity contribution in [2.45, 2.75) is 27.2 Å². The molecule has 0 aliphatic heterocycles. The molecule has 0 saturated carbocycles. The van der Waals surface area contributed by atoms with Crippen molar-refractivity contribution in [1.29, 1.82) is 0 Å². The lowest BCUT2D eigenvalue weighted by Crippen LogP contribution is -2.03. The molecule has 2 aromatic carbocycles. The molecule has 3 rings (SSSR count). The molecule has 0 amide bonds. The van der Waals surface area contributed by atoms with E-state index in [1.807, 2.05) is 0 Å². The molecule has 0 saturated heterocycles. The van der Waals surface area contributed by atoms with Crippen LogP contribution in [0.3, 0.4) is 0 Å². The van der Waals surface area contributed by atoms with Gasteiger partial charge in [-0.15, -0.1) is 11.6 Å². The maximum atomic E-state index is 5.96. The van der Waals surface area contributed by atoms with E-state index in [4.69, 9.17) is 16.6 Å². The fourth-order valence-corrected chi connectivity index (χ4v) is 3.02. The van der Waals surface area contributed by atoms with Gasteiger partial charge in [-0.2, -0.15) is 0 Å². The molecular formula is C18H19ClN2. The number of rotatable bonds is 3. The second-order valence-electron chi connectivity index (χ2n) is 5.64. The average molecular weight is 299 g/mol. The molecule has 1 aromatic heterocycles. The highest BCUT2D eigenvalue weighted by Crippen LogP contribution is 2.24. The SMILES string of the molecule is Cc1cc(C)cc(-n2c(CCCl)nc3ccc(C)cc32)c1. The summed E-state index contributed by atoms with van der Waals surface area (Å²) in [5, 5.41) is 0. The van der Waals surface area contributed by atoms with E-state index in [-0.39, 0.29) is 0 Å². The van der Waals surface area contributed by atoms with Crippen molar-refractivity contribution >= 4 is 22.6 Å². The van der Waals surface area contributed by atoms with E-state index >= 15 is 0 Å². The molecule has 0 atom stereocenters. The van der Waals surface area contributed by atoms with E-state index in [9.17, 15) is 0 Å². The minimum atomic E-state index is 0.576. The monoisotopic (exact) mass is 298 g/mol. The van der Waals surface area contributed by atoms with Gasteiger partial charge in [0.2, 0.25) is 0 Å². The van der Waals surface area contributed by atoms with Crippen LogP contribution in [0.2, 0.25) is 0 Å². The van der Waals surface area contributed by atoms with Crippen LogP contribution in [0.4, 0.5) is 0 Å². The van der Waals surface area contributed by atoms with Gasteiger partial charge in [0.1, 0.15) is 5.82 Å². The third-order valence-electron chi connectivity index (χ3n) is 3.66. The number of hydrogen-bond acceptors (Lipinski definition) is 1. The van der Waals surface area contributed by atoms with Crippen LogP contribution in [0.5, 0.6) is 0 Å². The number of hydrogen-bond donors (Lipinski definition) is 0. The maximum Gasteiger partial charge on any atom is 0.115 e. The quantitative estimate of drug-likeness (QED) is 0.639. The summed E-state index contributed by atoms with van der Waals surface area (Å²) in [4.78, 5) is 4.76. The lowest BCUT2D eigenvalue weighted by Gasteiger charge is -2.11. The molecule has 0 unspecified atom stereocenters. The van der Waals surface area contributed by atoms with E-state index in [0.29, 0.717) is 5.88 Å². The number of benzene rings is 2. The van der Waals surface area contributed by atoms with Crippen LogP contribution in [0.25, 0.3) is 16.7 Å². The minimum absolute atomic E-state index is 0.576. The molecule has 0 N–H and O–H groups in total. The van der Waals surface area contributed by atoms with Gasteiger partial charge in [0.05, 0.1) is 11.0 Å². The summed E-state index contributed by atoms with van der Waals surface area (Å²) >= 11 is 5.96. The number of halogens is 1. The molecule has 2 nitrogen and oxygen atoms in total. The Bertz CT molecular complexity index is 782. The molecule has 0 aliphatic rings. The van der Waals surface area contributed by atoms with Crippen LogP contribution in [0.15, 0.2) is 36.4 Å². The zero-order valence-corrected chi connectivity index (χ0v) is 13.4. The number of aryl methyl sites for hydroxylation is 4. The van der Waals surface area contributed by atoms with Gasteiger partial charge in [0, 0.05) is 18.0 Å². The zero-order chi connectivity index (χ0) is 15.0. The highest BCUT2D eigenvalue weighted by Gasteiger charge is 2.12. The van der Waals surface area contributed by atoms with Gasteiger partial charge in [-0.25, -0.2) is 4.98 Å². The Morgan fingerprint density at radius 3 is 2.33 bits per heavy atom. The Morgan fingerprint density at radius 2 is 1.67 bits per heavy atom. The summed E-state index contributed by atoms with van der Waals surface area (Å²) in [5.41, 5.74) is 7.11. The third kappa shape index (κ3) is 2.68. The fourth-order valence-electron chi connectivity index (χ4n) is 2.86. The second-order valence-corrected chi connectivity index (χ2v) is 6.02. The first-order chi connectivity index (χ1) is 10.1. The molecule has 3 aromatic rings. The number of nitrogens with zero attached hydrogens (tertiary/aromatic N) is 2. The summed E-state index contributed by atoms with van der Waals surface area (Å²) in [6, 6.07) is 13.0. The van der Waals surface area contributed by atoms with Crippen LogP contribution < -0.4 is 0 Å². The first kappa shape index (κ1) is 14.2. The van der Waals surface area contributed by atoms with Crippen molar-refractivity contribution in [3.8, 4) is 5.69 Å². The van der Waals surface area contributed by atoms with Crippen molar-refractivity contribution in [2.24, 2.45) is 0 Å². The van der Waals surface area contributed by atoms with Gasteiger partial charge in [0.25, 0.3) is 0 Å². The third-order valence-corrected chi connectivity index (χ3v) is 3.85. The zero-order valence-electron chi connectivity index (χ0n) is 12.7. The van der Waals surface area contributed by atoms with Crippen molar-refractivity contribution in [1.82, 2.24) is 9.55 Å². The molecule has 0 spiro atoms. The lowest BCUT2D eigenvalue weighted by atomic mass is 10.1. The molecule has 0 aliphatic carbocycles. The Balaban J connectivity index is 2.32. The van der Waals surface area contributed by atoms with Crippen molar-refractivity contribution < 1.29 is 0 Å². The van der Waals surface area contributed by atoms with Crippen LogP contribution in [-0.4, -0.2) is 15.4 Å². The highest BCUT2D eigenvalue weighted by molar-refractivity contribution is 6.17. The first-order valence-corrected chi connectivity index (χ1v) is 7.74. The summed E-state index contributed by atoms with van der Waals surface area (Å²) in [6.45, 7) is 6.36. The number of fused-ring (bicyclic) bond motifs is 1. The molecule has 108 valence electrons. The molecule has 0 fully saturated rings. The largest absolute Gasteiger partial charge is 0.296 e. The predicted octanol–water partition coefficient (Wildman–Crippen LogP) is 4.73. The summed E-state index contributed by atoms with van der Waals surface area (Å²) in [7, 11) is 0. The molecule has 1 heterocycles. The fraction of sp³-hybridized carbons (Fsp3) is 0.278. The predicted molar refractivity (Wildman–Crippen MR) is 89.7 cm³/mol. The first-order valence-electron chi connectivity index (χ1n) is 7.21. The number of aromatic nitrogens is 2. The summed E-state index contributed by atoms with van der Waals surface area (Å²) in [6.07, 6.45) is 0.766. The second kappa shape index (κ2) is 5.53. The van der Waals surface area contributed by atoms with Crippen molar-refractivity contribution in [2.75, 3.05) is 5.88 Å². The van der Waals surface area contributed by atoms with Gasteiger partial charge in [-0.05, 0) is 61.7 Å². The van der Waals surface area contributed by atoms with Gasteiger partial charge < -0.3 is 0 Å².